The van der Waals surface area contributed by atoms with Crippen LogP contribution in [0.4, 0.5) is 0 Å². The molecule has 0 aromatic heterocycles. The lowest BCUT2D eigenvalue weighted by Gasteiger charge is -1.19. The summed E-state index contributed by atoms with van der Waals surface area (Å²) in [4.78, 5) is 0. The lowest BCUT2D eigenvalue weighted by Crippen LogP contribution is -1.69. The molecular weight excluding hydrogens is 98.1 g/mol. The Kier molecular flexibility index (Phi) is 475000. The quantitative estimate of drug-likeness (QED) is 0.528. The highest BCUT2D eigenvalue weighted by Gasteiger charge is 0.936. The van der Waals surface area contributed by atoms with E-state index in [1.54, 1.807) is 0 Å². The largest absolute Gasteiger partial charge is 0.333 e. The van der Waals surface area contributed by atoms with Gasteiger partial charge in [-0.15, -0.1) is 0 Å². The first-order valence-electron chi connectivity index (χ1n) is 3.58. The van der Waals surface area contributed by atoms with Crippen LogP contribution in [-0.2, 0) is 0 Å². The Balaban J connectivity index is -0.00000000762. The Bertz CT molecular complexity index is 8.88. The molecule has 0 saturated heterocycles. The van der Waals surface area contributed by atoms with Gasteiger partial charge in [0, 0.05) is 1.43 Å². The van der Waals surface area contributed by atoms with E-state index in [4.69, 9.17) is 0 Å². The van der Waals surface area contributed by atoms with Gasteiger partial charge in [-0.25, -0.2) is 0 Å². The number of hydrogen-bond acceptors (Lipinski definition) is 1. The van der Waals surface area contributed by atoms with Crippen LogP contribution < -0.4 is 5.73 Å². The van der Waals surface area contributed by atoms with Crippen molar-refractivity contribution in [1.29, 1.82) is 0 Å². The molecule has 0 bridgehead atoms. The maximum Gasteiger partial charge on any atom is 0 e. The molecule has 0 spiro atoms. The van der Waals surface area contributed by atoms with Crippen LogP contribution in [0.1, 0.15) is 43.0 Å². The van der Waals surface area contributed by atoms with Gasteiger partial charge >= 0.3 is 0 Å². The van der Waals surface area contributed by atoms with E-state index in [1.165, 1.54) is 7.05 Å². The molecule has 0 fully saturated rings. The Morgan fingerprint density at radius 1 is 0.625 bits per heavy atom. The van der Waals surface area contributed by atoms with Gasteiger partial charge in [-0.2, -0.15) is 0 Å². The van der Waals surface area contributed by atoms with Crippen molar-refractivity contribution >= 4 is 0 Å². The van der Waals surface area contributed by atoms with E-state index < -0.39 is 0 Å². The Labute approximate surface area is 56.8 Å². The number of nitrogens with two attached hydrogens (primary N) is 1. The van der Waals surface area contributed by atoms with Crippen molar-refractivity contribution in [2.75, 3.05) is 7.05 Å². The summed E-state index contributed by atoms with van der Waals surface area (Å²) in [7, 11) is 1.50. The van der Waals surface area contributed by atoms with Crippen LogP contribution in [0.15, 0.2) is 0 Å². The summed E-state index contributed by atoms with van der Waals surface area (Å²) in [5.41, 5.74) is 4.50. The molecule has 0 aromatic rings. The fourth-order valence-corrected chi connectivity index (χ4v) is 0. The average molecular weight is 124 g/mol. The van der Waals surface area contributed by atoms with E-state index in [9.17, 15) is 0 Å². The third-order valence-corrected chi connectivity index (χ3v) is 0. The van der Waals surface area contributed by atoms with Crippen molar-refractivity contribution in [2.45, 2.75) is 41.5 Å². The topological polar surface area (TPSA) is 26.0 Å². The molecule has 0 aliphatic carbocycles. The predicted octanol–water partition coefficient (Wildman–Crippen LogP) is 2.90. The minimum Gasteiger partial charge on any atom is -0.333 e. The smallest absolute Gasteiger partial charge is 0 e. The SMILES string of the molecule is CC.CC.CC.CN.[2HH]. The standard InChI is InChI=1S/3C2H6.CH5N.H2/c4*1-2;/h3*1-2H3;2H2,1H3;1H/i;;;;1+1. The Morgan fingerprint density at radius 2 is 0.625 bits per heavy atom. The van der Waals surface area contributed by atoms with Gasteiger partial charge in [0.25, 0.3) is 0 Å². The monoisotopic (exact) mass is 124 g/mol. The molecule has 0 saturated carbocycles. The second-order valence-electron chi connectivity index (χ2n) is 0. The van der Waals surface area contributed by atoms with Crippen molar-refractivity contribution in [3.05, 3.63) is 0 Å². The van der Waals surface area contributed by atoms with E-state index in [2.05, 4.69) is 5.73 Å². The first-order valence-corrected chi connectivity index (χ1v) is 3.58. The van der Waals surface area contributed by atoms with Crippen molar-refractivity contribution in [1.82, 2.24) is 0 Å². The van der Waals surface area contributed by atoms with Gasteiger partial charge < -0.3 is 5.73 Å². The highest BCUT2D eigenvalue weighted by molar-refractivity contribution is 3.54. The number of hydrogen-bond donors (Lipinski definition) is 1. The summed E-state index contributed by atoms with van der Waals surface area (Å²) < 4.78 is 0. The second-order valence-corrected chi connectivity index (χ2v) is 0. The Hall–Kier alpha value is -0.0400. The fraction of sp³-hybridized carbons (Fsp3) is 1.00. The third-order valence-electron chi connectivity index (χ3n) is 0. The summed E-state index contributed by atoms with van der Waals surface area (Å²) in [6.07, 6.45) is 0. The van der Waals surface area contributed by atoms with Gasteiger partial charge in [0.15, 0.2) is 0 Å². The first-order chi connectivity index (χ1) is 4.00. The molecule has 0 heterocycles. The highest BCUT2D eigenvalue weighted by Crippen LogP contribution is 1.15. The molecule has 0 atom stereocenters. The van der Waals surface area contributed by atoms with Crippen LogP contribution in [0.2, 0.25) is 0 Å². The molecule has 0 aromatic carbocycles. The molecule has 8 heavy (non-hydrogen) atoms. The zero-order valence-corrected chi connectivity index (χ0v) is 7.58. The maximum absolute atomic E-state index is 4.50. The van der Waals surface area contributed by atoms with E-state index in [-0.39, 0.29) is 1.43 Å². The summed E-state index contributed by atoms with van der Waals surface area (Å²) in [6.45, 7) is 12.0. The van der Waals surface area contributed by atoms with Gasteiger partial charge in [-0.05, 0) is 7.05 Å². The molecule has 0 radical (unpaired) electrons. The zero-order valence-electron chi connectivity index (χ0n) is 7.58. The molecular formula is C7H25N. The highest BCUT2D eigenvalue weighted by atomic mass is 14.4. The van der Waals surface area contributed by atoms with Crippen molar-refractivity contribution in [3.63, 3.8) is 0 Å². The molecule has 0 aliphatic rings. The summed E-state index contributed by atoms with van der Waals surface area (Å²) in [6, 6.07) is 0. The minimum absolute atomic E-state index is 0. The van der Waals surface area contributed by atoms with Crippen LogP contribution in [0.25, 0.3) is 0 Å². The summed E-state index contributed by atoms with van der Waals surface area (Å²) in [5.74, 6) is 0. The lowest BCUT2D eigenvalue weighted by atomic mass is 11.0. The van der Waals surface area contributed by atoms with Crippen LogP contribution in [0.3, 0.4) is 0 Å². The molecule has 2 N–H and O–H groups in total. The van der Waals surface area contributed by atoms with Crippen molar-refractivity contribution in [3.8, 4) is 0 Å². The molecule has 0 aliphatic heterocycles. The van der Waals surface area contributed by atoms with Gasteiger partial charge in [0.2, 0.25) is 0 Å². The van der Waals surface area contributed by atoms with Gasteiger partial charge in [0.05, 0.1) is 0 Å². The molecule has 1 heteroatoms. The molecule has 0 rings (SSSR count). The van der Waals surface area contributed by atoms with Crippen LogP contribution in [0, 0.1) is 0 Å². The van der Waals surface area contributed by atoms with E-state index >= 15 is 0 Å². The second kappa shape index (κ2) is 155000. The maximum atomic E-state index is 4.50. The zero-order chi connectivity index (χ0) is 8.00. The fourth-order valence-electron chi connectivity index (χ4n) is 0. The normalized spacial score (nSPS) is 3.00. The minimum atomic E-state index is 0. The predicted molar refractivity (Wildman–Crippen MR) is 46.3 cm³/mol. The van der Waals surface area contributed by atoms with E-state index in [0.29, 0.717) is 0 Å². The molecule has 0 amide bonds. The number of rotatable bonds is 0. The summed E-state index contributed by atoms with van der Waals surface area (Å²) in [5, 5.41) is 0. The van der Waals surface area contributed by atoms with E-state index in [0.717, 1.165) is 0 Å². The van der Waals surface area contributed by atoms with Crippen LogP contribution in [0.5, 0.6) is 0 Å². The third kappa shape index (κ3) is 91600. The van der Waals surface area contributed by atoms with Crippen LogP contribution >= 0.6 is 0 Å². The van der Waals surface area contributed by atoms with Crippen molar-refractivity contribution < 1.29 is 1.43 Å². The average Bonchev–Trinajstić information content (AvgIpc) is 2.03. The Morgan fingerprint density at radius 3 is 0.625 bits per heavy atom. The van der Waals surface area contributed by atoms with Gasteiger partial charge in [-0.1, -0.05) is 41.5 Å². The lowest BCUT2D eigenvalue weighted by molar-refractivity contribution is 1.48. The molecule has 0 unspecified atom stereocenters. The van der Waals surface area contributed by atoms with Gasteiger partial charge in [0.1, 0.15) is 0 Å². The van der Waals surface area contributed by atoms with Crippen molar-refractivity contribution in [2.24, 2.45) is 5.73 Å². The molecule has 1 nitrogen and oxygen atoms in total. The first kappa shape index (κ1) is 24.6. The summed E-state index contributed by atoms with van der Waals surface area (Å²) >= 11 is 0. The van der Waals surface area contributed by atoms with Gasteiger partial charge in [-0.3, -0.25) is 0 Å². The van der Waals surface area contributed by atoms with E-state index in [1.807, 2.05) is 41.5 Å². The molecule has 58 valence electrons. The van der Waals surface area contributed by atoms with Crippen LogP contribution in [-0.4, -0.2) is 7.05 Å².